The second kappa shape index (κ2) is 11.8. The number of carbonyl (C=O) groups excluding carboxylic acids is 1. The second-order valence-electron chi connectivity index (χ2n) is 10.2. The fourth-order valence-corrected chi connectivity index (χ4v) is 5.65. The van der Waals surface area contributed by atoms with E-state index in [-0.39, 0.29) is 24.2 Å². The number of alkyl halides is 2. The molecule has 0 bridgehead atoms. The molecule has 2 heterocycles. The topological polar surface area (TPSA) is 78.0 Å². The molecule has 1 amide bonds. The number of unbranched alkanes of at least 4 members (excludes halogenated alkanes) is 1. The first-order valence-electron chi connectivity index (χ1n) is 13.6. The van der Waals surface area contributed by atoms with Gasteiger partial charge in [-0.15, -0.1) is 5.10 Å². The van der Waals surface area contributed by atoms with E-state index in [4.69, 9.17) is 0 Å². The number of amides is 1. The van der Waals surface area contributed by atoms with E-state index in [0.29, 0.717) is 24.5 Å². The Bertz CT molecular complexity index is 1250. The number of halogens is 2. The maximum absolute atomic E-state index is 14.4. The van der Waals surface area contributed by atoms with Crippen molar-refractivity contribution in [2.24, 2.45) is 5.92 Å². The molecule has 2 aliphatic rings. The lowest BCUT2D eigenvalue weighted by molar-refractivity contribution is -0.136. The van der Waals surface area contributed by atoms with E-state index >= 15 is 0 Å². The van der Waals surface area contributed by atoms with Gasteiger partial charge in [0.05, 0.1) is 6.67 Å². The van der Waals surface area contributed by atoms with Crippen LogP contribution in [-0.2, 0) is 11.3 Å². The maximum Gasteiger partial charge on any atom is 0.280 e. The molecule has 1 aromatic heterocycles. The van der Waals surface area contributed by atoms with Crippen molar-refractivity contribution in [1.29, 1.82) is 0 Å². The summed E-state index contributed by atoms with van der Waals surface area (Å²) in [5, 5.41) is 14.2. The summed E-state index contributed by atoms with van der Waals surface area (Å²) >= 11 is 0. The van der Waals surface area contributed by atoms with E-state index < -0.39 is 6.43 Å². The Morgan fingerprint density at radius 1 is 1.05 bits per heavy atom. The van der Waals surface area contributed by atoms with E-state index in [2.05, 4.69) is 27.5 Å². The van der Waals surface area contributed by atoms with Crippen LogP contribution in [0.4, 0.5) is 8.78 Å². The zero-order valence-electron chi connectivity index (χ0n) is 21.7. The van der Waals surface area contributed by atoms with Crippen LogP contribution in [0.3, 0.4) is 0 Å². The molecule has 2 aromatic carbocycles. The van der Waals surface area contributed by atoms with Crippen LogP contribution in [0.5, 0.6) is 0 Å². The van der Waals surface area contributed by atoms with Crippen molar-refractivity contribution in [1.82, 2.24) is 30.4 Å². The quantitative estimate of drug-likeness (QED) is 0.354. The molecule has 9 heteroatoms. The Labute approximate surface area is 221 Å². The van der Waals surface area contributed by atoms with Gasteiger partial charge in [-0.3, -0.25) is 9.69 Å². The largest absolute Gasteiger partial charge is 0.351 e. The third kappa shape index (κ3) is 5.47. The van der Waals surface area contributed by atoms with Crippen LogP contribution in [0.25, 0.3) is 22.5 Å². The van der Waals surface area contributed by atoms with Crippen molar-refractivity contribution in [2.45, 2.75) is 71.3 Å². The summed E-state index contributed by atoms with van der Waals surface area (Å²) < 4.78 is 28.8. The van der Waals surface area contributed by atoms with Crippen molar-refractivity contribution >= 4 is 5.91 Å². The Balaban J connectivity index is 1.39. The minimum Gasteiger partial charge on any atom is -0.351 e. The normalized spacial score (nSPS) is 16.6. The fourth-order valence-electron chi connectivity index (χ4n) is 5.65. The van der Waals surface area contributed by atoms with E-state index in [1.54, 1.807) is 0 Å². The van der Waals surface area contributed by atoms with Gasteiger partial charge >= 0.3 is 0 Å². The summed E-state index contributed by atoms with van der Waals surface area (Å²) in [6, 6.07) is 16.0. The minimum absolute atomic E-state index is 0.0831. The van der Waals surface area contributed by atoms with Crippen LogP contribution in [0, 0.1) is 5.92 Å². The Hall–Kier alpha value is -3.62. The zero-order chi connectivity index (χ0) is 26.5. The van der Waals surface area contributed by atoms with Crippen molar-refractivity contribution < 1.29 is 13.6 Å². The molecule has 200 valence electrons. The van der Waals surface area contributed by atoms with Gasteiger partial charge in [0, 0.05) is 23.7 Å². The lowest BCUT2D eigenvalue weighted by atomic mass is 9.88. The van der Waals surface area contributed by atoms with Crippen LogP contribution < -0.4 is 0 Å². The van der Waals surface area contributed by atoms with Gasteiger partial charge < -0.3 is 4.90 Å². The summed E-state index contributed by atoms with van der Waals surface area (Å²) in [6.07, 6.45) is 4.26. The predicted octanol–water partition coefficient (Wildman–Crippen LogP) is 6.38. The molecule has 5 rings (SSSR count). The number of nitrogens with zero attached hydrogens (tertiary/aromatic N) is 5. The van der Waals surface area contributed by atoms with Crippen molar-refractivity contribution in [3.63, 3.8) is 0 Å². The number of aromatic nitrogens is 4. The molecule has 0 spiro atoms. The van der Waals surface area contributed by atoms with E-state index in [1.807, 2.05) is 53.4 Å². The van der Waals surface area contributed by atoms with E-state index in [9.17, 15) is 13.6 Å². The molecule has 38 heavy (non-hydrogen) atoms. The van der Waals surface area contributed by atoms with Gasteiger partial charge in [0.25, 0.3) is 6.43 Å². The van der Waals surface area contributed by atoms with Crippen LogP contribution in [0.2, 0.25) is 0 Å². The molecule has 0 radical (unpaired) electrons. The molecule has 1 aliphatic heterocycles. The molecular formula is C29H34F2N6O. The van der Waals surface area contributed by atoms with Crippen LogP contribution in [-0.4, -0.2) is 49.4 Å². The van der Waals surface area contributed by atoms with Gasteiger partial charge in [-0.25, -0.2) is 13.9 Å². The molecule has 1 aliphatic carbocycles. The number of nitrogens with one attached hydrogen (secondary N) is 1. The van der Waals surface area contributed by atoms with Crippen LogP contribution >= 0.6 is 0 Å². The standard InChI is InChI=1S/C29H34F2N6O/c1-2-3-13-25-26(27(30)31)37(29(38)22-9-5-4-6-10-22)19-36(25)18-20-14-16-21(17-15-20)23-11-7-8-12-24(23)28-32-34-35-33-28/h7-8,11-12,14-17,22,27H,2-6,9-10,13,18-19H2,1H3,(H,32,33,34,35). The van der Waals surface area contributed by atoms with Crippen molar-refractivity contribution in [3.8, 4) is 22.5 Å². The van der Waals surface area contributed by atoms with Crippen molar-refractivity contribution in [2.75, 3.05) is 6.67 Å². The average molecular weight is 521 g/mol. The Morgan fingerprint density at radius 3 is 2.45 bits per heavy atom. The summed E-state index contributed by atoms with van der Waals surface area (Å²) in [5.74, 6) is 0.309. The first-order chi connectivity index (χ1) is 18.6. The number of aromatic amines is 1. The van der Waals surface area contributed by atoms with Gasteiger partial charge in [0.1, 0.15) is 5.70 Å². The number of hydrogen-bond acceptors (Lipinski definition) is 5. The van der Waals surface area contributed by atoms with E-state index in [0.717, 1.165) is 67.2 Å². The summed E-state index contributed by atoms with van der Waals surface area (Å²) in [4.78, 5) is 16.7. The number of H-pyrrole nitrogens is 1. The van der Waals surface area contributed by atoms with Crippen molar-refractivity contribution in [3.05, 3.63) is 65.5 Å². The molecular weight excluding hydrogens is 486 g/mol. The molecule has 3 aromatic rings. The van der Waals surface area contributed by atoms with Crippen LogP contribution in [0.1, 0.15) is 63.9 Å². The number of benzene rings is 2. The number of allylic oxidation sites excluding steroid dienone is 2. The van der Waals surface area contributed by atoms with Gasteiger partial charge in [-0.05, 0) is 52.8 Å². The first-order valence-corrected chi connectivity index (χ1v) is 13.6. The highest BCUT2D eigenvalue weighted by molar-refractivity contribution is 5.82. The van der Waals surface area contributed by atoms with Gasteiger partial charge in [0.2, 0.25) is 5.91 Å². The number of hydrogen-bond donors (Lipinski definition) is 1. The number of rotatable bonds is 9. The monoisotopic (exact) mass is 520 g/mol. The molecule has 0 atom stereocenters. The fraction of sp³-hybridized carbons (Fsp3) is 0.448. The molecule has 7 nitrogen and oxygen atoms in total. The molecule has 0 saturated heterocycles. The summed E-state index contributed by atoms with van der Waals surface area (Å²) in [6.45, 7) is 2.72. The minimum atomic E-state index is -2.68. The average Bonchev–Trinajstić information content (AvgIpc) is 3.61. The van der Waals surface area contributed by atoms with E-state index in [1.165, 1.54) is 4.90 Å². The third-order valence-electron chi connectivity index (χ3n) is 7.64. The Morgan fingerprint density at radius 2 is 1.79 bits per heavy atom. The molecule has 0 unspecified atom stereocenters. The highest BCUT2D eigenvalue weighted by Crippen LogP contribution is 2.37. The SMILES string of the molecule is CCCCC1=C(C(F)F)N(C(=O)C2CCCCC2)CN1Cc1ccc(-c2ccccc2-c2nnn[nH]2)cc1. The zero-order valence-corrected chi connectivity index (χ0v) is 21.7. The number of carbonyl (C=O) groups is 1. The number of tetrazole rings is 1. The third-order valence-corrected chi connectivity index (χ3v) is 7.64. The highest BCUT2D eigenvalue weighted by Gasteiger charge is 2.39. The second-order valence-corrected chi connectivity index (χ2v) is 10.2. The van der Waals surface area contributed by atoms with Gasteiger partial charge in [-0.1, -0.05) is 81.1 Å². The predicted molar refractivity (Wildman–Crippen MR) is 141 cm³/mol. The summed E-state index contributed by atoms with van der Waals surface area (Å²) in [5.41, 5.74) is 4.42. The molecule has 1 fully saturated rings. The highest BCUT2D eigenvalue weighted by atomic mass is 19.3. The molecule has 1 N–H and O–H groups in total. The summed E-state index contributed by atoms with van der Waals surface area (Å²) in [7, 11) is 0. The van der Waals surface area contributed by atoms with Crippen LogP contribution in [0.15, 0.2) is 59.9 Å². The maximum atomic E-state index is 14.4. The van der Waals surface area contributed by atoms with Gasteiger partial charge in [-0.2, -0.15) is 0 Å². The Kier molecular flexibility index (Phi) is 8.10. The lowest BCUT2D eigenvalue weighted by Crippen LogP contribution is -2.38. The molecule has 1 saturated carbocycles. The van der Waals surface area contributed by atoms with Gasteiger partial charge in [0.15, 0.2) is 5.82 Å². The lowest BCUT2D eigenvalue weighted by Gasteiger charge is -2.28. The smallest absolute Gasteiger partial charge is 0.280 e. The first kappa shape index (κ1) is 26.0.